The van der Waals surface area contributed by atoms with Gasteiger partial charge in [-0.05, 0) is 31.2 Å². The fraction of sp³-hybridized carbons (Fsp3) is 0.167. The molecule has 0 unspecified atom stereocenters. The van der Waals surface area contributed by atoms with E-state index in [9.17, 15) is 20.5 Å². The van der Waals surface area contributed by atoms with E-state index in [0.717, 1.165) is 10.9 Å². The van der Waals surface area contributed by atoms with Crippen LogP contribution < -0.4 is 4.74 Å². The minimum Gasteiger partial charge on any atom is -0.502 e. The van der Waals surface area contributed by atoms with E-state index in [-0.39, 0.29) is 0 Å². The van der Waals surface area contributed by atoms with E-state index >= 15 is 0 Å². The van der Waals surface area contributed by atoms with Gasteiger partial charge in [-0.25, -0.2) is 0 Å². The van der Waals surface area contributed by atoms with Crippen molar-refractivity contribution in [1.29, 1.82) is 5.26 Å². The maximum Gasteiger partial charge on any atom is 0.311 e. The summed E-state index contributed by atoms with van der Waals surface area (Å²) in [7, 11) is 1.57. The highest BCUT2D eigenvalue weighted by atomic mass is 16.6. The molecule has 0 bridgehead atoms. The number of nitro benzene ring substituents is 1. The van der Waals surface area contributed by atoms with Crippen LogP contribution in [0, 0.1) is 21.4 Å². The first-order chi connectivity index (χ1) is 12.0. The lowest BCUT2D eigenvalue weighted by atomic mass is 10.0. The second-order valence-corrected chi connectivity index (χ2v) is 5.42. The van der Waals surface area contributed by atoms with Crippen molar-refractivity contribution in [2.45, 2.75) is 13.5 Å². The molecular formula is C18H15N3O4. The van der Waals surface area contributed by atoms with Crippen molar-refractivity contribution >= 4 is 16.6 Å². The summed E-state index contributed by atoms with van der Waals surface area (Å²) < 4.78 is 7.17. The molecule has 0 radical (unpaired) electrons. The zero-order chi connectivity index (χ0) is 18.1. The summed E-state index contributed by atoms with van der Waals surface area (Å²) in [6.45, 7) is 2.49. The molecule has 0 aliphatic heterocycles. The van der Waals surface area contributed by atoms with Gasteiger partial charge in [0.15, 0.2) is 5.75 Å². The smallest absolute Gasteiger partial charge is 0.311 e. The molecule has 0 saturated heterocycles. The van der Waals surface area contributed by atoms with E-state index in [0.29, 0.717) is 29.1 Å². The number of methoxy groups -OCH3 is 1. The Balaban J connectivity index is 2.38. The maximum absolute atomic E-state index is 11.1. The number of aromatic nitrogens is 1. The molecule has 1 heterocycles. The molecule has 0 spiro atoms. The topological polar surface area (TPSA) is 101 Å². The standard InChI is InChI=1S/C18H15N3O4/c1-3-20-15-9-12(25-2)5-6-13(15)14(10-19)18(20)11-4-7-17(22)16(8-11)21(23)24/h4-9,22H,3H2,1-2H3. The van der Waals surface area contributed by atoms with E-state index in [1.807, 2.05) is 17.6 Å². The van der Waals surface area contributed by atoms with Gasteiger partial charge in [0.05, 0.1) is 28.8 Å². The first kappa shape index (κ1) is 16.3. The Labute approximate surface area is 143 Å². The van der Waals surface area contributed by atoms with Crippen molar-refractivity contribution in [3.8, 4) is 28.8 Å². The van der Waals surface area contributed by atoms with E-state index in [4.69, 9.17) is 4.74 Å². The fourth-order valence-electron chi connectivity index (χ4n) is 3.01. The van der Waals surface area contributed by atoms with Gasteiger partial charge in [0.1, 0.15) is 11.8 Å². The number of hydrogen-bond acceptors (Lipinski definition) is 5. The van der Waals surface area contributed by atoms with Crippen molar-refractivity contribution < 1.29 is 14.8 Å². The number of rotatable bonds is 4. The Morgan fingerprint density at radius 3 is 2.68 bits per heavy atom. The monoisotopic (exact) mass is 337 g/mol. The lowest BCUT2D eigenvalue weighted by Gasteiger charge is -2.09. The summed E-state index contributed by atoms with van der Waals surface area (Å²) in [6.07, 6.45) is 0. The molecule has 0 saturated carbocycles. The van der Waals surface area contributed by atoms with Crippen molar-refractivity contribution in [1.82, 2.24) is 4.57 Å². The van der Waals surface area contributed by atoms with Crippen molar-refractivity contribution in [3.63, 3.8) is 0 Å². The second-order valence-electron chi connectivity index (χ2n) is 5.42. The van der Waals surface area contributed by atoms with Gasteiger partial charge in [-0.3, -0.25) is 10.1 Å². The summed E-state index contributed by atoms with van der Waals surface area (Å²) in [4.78, 5) is 10.5. The Hall–Kier alpha value is -3.53. The van der Waals surface area contributed by atoms with Crippen LogP contribution in [-0.4, -0.2) is 21.7 Å². The molecule has 3 aromatic rings. The molecule has 126 valence electrons. The zero-order valence-corrected chi connectivity index (χ0v) is 13.7. The third-order valence-corrected chi connectivity index (χ3v) is 4.15. The van der Waals surface area contributed by atoms with Crippen LogP contribution in [-0.2, 0) is 6.54 Å². The molecule has 0 atom stereocenters. The van der Waals surface area contributed by atoms with E-state index < -0.39 is 16.4 Å². The summed E-state index contributed by atoms with van der Waals surface area (Å²) >= 11 is 0. The number of nitro groups is 1. The first-order valence-electron chi connectivity index (χ1n) is 7.59. The third kappa shape index (κ3) is 2.54. The molecule has 0 fully saturated rings. The third-order valence-electron chi connectivity index (χ3n) is 4.15. The molecule has 1 aromatic heterocycles. The van der Waals surface area contributed by atoms with Crippen LogP contribution in [0.3, 0.4) is 0 Å². The number of phenols is 1. The Morgan fingerprint density at radius 2 is 2.08 bits per heavy atom. The van der Waals surface area contributed by atoms with Crippen molar-refractivity contribution in [2.24, 2.45) is 0 Å². The summed E-state index contributed by atoms with van der Waals surface area (Å²) in [6, 6.07) is 11.7. The number of benzene rings is 2. The van der Waals surface area contributed by atoms with Crippen LogP contribution in [0.5, 0.6) is 11.5 Å². The normalized spacial score (nSPS) is 10.6. The van der Waals surface area contributed by atoms with Crippen LogP contribution in [0.15, 0.2) is 36.4 Å². The lowest BCUT2D eigenvalue weighted by Crippen LogP contribution is -1.98. The lowest BCUT2D eigenvalue weighted by molar-refractivity contribution is -0.385. The Kier molecular flexibility index (Phi) is 4.03. The highest BCUT2D eigenvalue weighted by molar-refractivity contribution is 5.95. The molecule has 7 nitrogen and oxygen atoms in total. The van der Waals surface area contributed by atoms with E-state index in [2.05, 4.69) is 6.07 Å². The van der Waals surface area contributed by atoms with Crippen LogP contribution >= 0.6 is 0 Å². The minimum absolute atomic E-state index is 0.396. The first-order valence-corrected chi connectivity index (χ1v) is 7.59. The maximum atomic E-state index is 11.1. The number of nitrogens with zero attached hydrogens (tertiary/aromatic N) is 3. The molecule has 25 heavy (non-hydrogen) atoms. The molecule has 3 rings (SSSR count). The molecule has 1 N–H and O–H groups in total. The van der Waals surface area contributed by atoms with Gasteiger partial charge in [-0.2, -0.15) is 5.26 Å². The van der Waals surface area contributed by atoms with Gasteiger partial charge in [-0.15, -0.1) is 0 Å². The zero-order valence-electron chi connectivity index (χ0n) is 13.7. The molecule has 0 amide bonds. The molecule has 0 aliphatic rings. The predicted octanol–water partition coefficient (Wildman–Crippen LogP) is 3.82. The van der Waals surface area contributed by atoms with Crippen LogP contribution in [0.25, 0.3) is 22.2 Å². The summed E-state index contributed by atoms with van der Waals surface area (Å²) in [5, 5.41) is 31.2. The predicted molar refractivity (Wildman–Crippen MR) is 92.6 cm³/mol. The summed E-state index contributed by atoms with van der Waals surface area (Å²) in [5.41, 5.74) is 1.92. The van der Waals surface area contributed by atoms with Gasteiger partial charge in [-0.1, -0.05) is 0 Å². The number of hydrogen-bond donors (Lipinski definition) is 1. The average molecular weight is 337 g/mol. The Morgan fingerprint density at radius 1 is 1.32 bits per heavy atom. The molecular weight excluding hydrogens is 322 g/mol. The number of phenolic OH excluding ortho intramolecular Hbond substituents is 1. The molecule has 2 aromatic carbocycles. The highest BCUT2D eigenvalue weighted by Crippen LogP contribution is 2.38. The fourth-order valence-corrected chi connectivity index (χ4v) is 3.01. The van der Waals surface area contributed by atoms with Gasteiger partial charge in [0.25, 0.3) is 0 Å². The van der Waals surface area contributed by atoms with Crippen molar-refractivity contribution in [2.75, 3.05) is 7.11 Å². The highest BCUT2D eigenvalue weighted by Gasteiger charge is 2.22. The number of fused-ring (bicyclic) bond motifs is 1. The quantitative estimate of drug-likeness (QED) is 0.576. The van der Waals surface area contributed by atoms with E-state index in [1.54, 1.807) is 25.3 Å². The minimum atomic E-state index is -0.646. The molecule has 7 heteroatoms. The second kappa shape index (κ2) is 6.17. The number of aromatic hydroxyl groups is 1. The average Bonchev–Trinajstić information content (AvgIpc) is 2.94. The van der Waals surface area contributed by atoms with Gasteiger partial charge < -0.3 is 14.4 Å². The van der Waals surface area contributed by atoms with Gasteiger partial charge in [0.2, 0.25) is 0 Å². The number of ether oxygens (including phenoxy) is 1. The van der Waals surface area contributed by atoms with E-state index in [1.165, 1.54) is 12.1 Å². The molecule has 0 aliphatic carbocycles. The van der Waals surface area contributed by atoms with Crippen LogP contribution in [0.1, 0.15) is 12.5 Å². The van der Waals surface area contributed by atoms with Gasteiger partial charge in [0, 0.05) is 29.6 Å². The number of aryl methyl sites for hydroxylation is 1. The van der Waals surface area contributed by atoms with Crippen LogP contribution in [0.4, 0.5) is 5.69 Å². The largest absolute Gasteiger partial charge is 0.502 e. The number of nitriles is 1. The SMILES string of the molecule is CCn1c(-c2ccc(O)c([N+](=O)[O-])c2)c(C#N)c2ccc(OC)cc21. The Bertz CT molecular complexity index is 1030. The van der Waals surface area contributed by atoms with Crippen LogP contribution in [0.2, 0.25) is 0 Å². The van der Waals surface area contributed by atoms with Crippen molar-refractivity contribution in [3.05, 3.63) is 52.1 Å². The summed E-state index contributed by atoms with van der Waals surface area (Å²) in [5.74, 6) is 0.250. The van der Waals surface area contributed by atoms with Gasteiger partial charge >= 0.3 is 5.69 Å².